The van der Waals surface area contributed by atoms with Crippen molar-refractivity contribution < 1.29 is 23.2 Å². The number of benzene rings is 3. The number of nitrogens with one attached hydrogen (secondary N) is 1. The summed E-state index contributed by atoms with van der Waals surface area (Å²) in [6.45, 7) is 2.25. The van der Waals surface area contributed by atoms with Gasteiger partial charge >= 0.3 is 0 Å². The first-order chi connectivity index (χ1) is 21.7. The molecular formula is C34H28ClF2N5O3. The van der Waals surface area contributed by atoms with Gasteiger partial charge in [0, 0.05) is 82.8 Å². The molecule has 1 amide bonds. The van der Waals surface area contributed by atoms with Crippen molar-refractivity contribution in [2.75, 3.05) is 18.4 Å². The van der Waals surface area contributed by atoms with Crippen molar-refractivity contribution in [1.29, 1.82) is 0 Å². The third kappa shape index (κ3) is 6.11. The van der Waals surface area contributed by atoms with Gasteiger partial charge in [0.15, 0.2) is 23.7 Å². The summed E-state index contributed by atoms with van der Waals surface area (Å²) in [5.41, 5.74) is 3.53. The molecule has 1 saturated heterocycles. The topological polar surface area (TPSA) is 97.2 Å². The van der Waals surface area contributed by atoms with E-state index in [9.17, 15) is 18.8 Å². The van der Waals surface area contributed by atoms with Gasteiger partial charge in [-0.3, -0.25) is 19.3 Å². The maximum absolute atomic E-state index is 15.5. The Hall–Kier alpha value is -4.80. The number of ketones is 1. The largest absolute Gasteiger partial charge is 0.345 e. The lowest BCUT2D eigenvalue weighted by Gasteiger charge is -2.24. The molecule has 45 heavy (non-hydrogen) atoms. The number of aromatic nitrogens is 3. The number of carbonyl (C=O) groups excluding carboxylic acids is 3. The minimum absolute atomic E-state index is 0.0100. The van der Waals surface area contributed by atoms with Gasteiger partial charge in [0.1, 0.15) is 6.17 Å². The van der Waals surface area contributed by atoms with Gasteiger partial charge in [-0.2, -0.15) is 0 Å². The van der Waals surface area contributed by atoms with E-state index in [0.29, 0.717) is 41.1 Å². The Morgan fingerprint density at radius 1 is 1.02 bits per heavy atom. The van der Waals surface area contributed by atoms with Gasteiger partial charge in [0.05, 0.1) is 11.7 Å². The monoisotopic (exact) mass is 627 g/mol. The maximum atomic E-state index is 15.5. The second-order valence-corrected chi connectivity index (χ2v) is 11.4. The molecule has 11 heteroatoms. The molecule has 8 nitrogen and oxygen atoms in total. The first-order valence-corrected chi connectivity index (χ1v) is 14.7. The number of anilines is 1. The summed E-state index contributed by atoms with van der Waals surface area (Å²) >= 11 is 6.28. The Bertz CT molecular complexity index is 1930. The molecule has 0 bridgehead atoms. The molecular weight excluding hydrogens is 600 g/mol. The number of aldehydes is 1. The fourth-order valence-corrected chi connectivity index (χ4v) is 6.06. The standard InChI is InChI=1S/C34H28ClF2N5O3/c1-20(44)27-18-42(30-10-9-21(13-26(27)30)22-15-38-32(19-43)39-16-22)12-11-41-17-23(36)14-31(41)34(45)40-29-8-4-6-25(33(29)37)24-5-2-3-7-28(24)35/h2-10,13,15-16,18-19,23,31H,11-12,14,17H2,1H3,(H,40,45)/t23-,31+/m1/s1. The number of carbonyl (C=O) groups is 3. The lowest BCUT2D eigenvalue weighted by Crippen LogP contribution is -2.41. The first-order valence-electron chi connectivity index (χ1n) is 14.4. The molecule has 1 aliphatic heterocycles. The zero-order chi connectivity index (χ0) is 31.7. The number of nitrogens with zero attached hydrogens (tertiary/aromatic N) is 4. The van der Waals surface area contributed by atoms with E-state index >= 15 is 4.39 Å². The predicted octanol–water partition coefficient (Wildman–Crippen LogP) is 6.62. The van der Waals surface area contributed by atoms with E-state index in [4.69, 9.17) is 11.6 Å². The van der Waals surface area contributed by atoms with Crippen molar-refractivity contribution in [3.05, 3.63) is 101 Å². The van der Waals surface area contributed by atoms with E-state index in [1.165, 1.54) is 13.0 Å². The van der Waals surface area contributed by atoms with Crippen molar-refractivity contribution in [3.8, 4) is 22.3 Å². The predicted molar refractivity (Wildman–Crippen MR) is 169 cm³/mol. The summed E-state index contributed by atoms with van der Waals surface area (Å²) in [4.78, 5) is 46.6. The van der Waals surface area contributed by atoms with Gasteiger partial charge in [-0.15, -0.1) is 0 Å². The average Bonchev–Trinajstić information content (AvgIpc) is 3.61. The number of fused-ring (bicyclic) bond motifs is 1. The Morgan fingerprint density at radius 2 is 1.78 bits per heavy atom. The quantitative estimate of drug-likeness (QED) is 0.146. The van der Waals surface area contributed by atoms with E-state index < -0.39 is 23.9 Å². The average molecular weight is 628 g/mol. The van der Waals surface area contributed by atoms with E-state index in [2.05, 4.69) is 15.3 Å². The van der Waals surface area contributed by atoms with Gasteiger partial charge in [-0.05, 0) is 36.8 Å². The van der Waals surface area contributed by atoms with E-state index in [-0.39, 0.29) is 35.8 Å². The van der Waals surface area contributed by atoms with Gasteiger partial charge in [-0.1, -0.05) is 48.0 Å². The van der Waals surface area contributed by atoms with E-state index in [1.807, 2.05) is 22.8 Å². The van der Waals surface area contributed by atoms with Crippen LogP contribution in [0.4, 0.5) is 14.5 Å². The lowest BCUT2D eigenvalue weighted by atomic mass is 10.0. The lowest BCUT2D eigenvalue weighted by molar-refractivity contribution is -0.120. The number of alkyl halides is 1. The van der Waals surface area contributed by atoms with Gasteiger partial charge < -0.3 is 9.88 Å². The molecule has 2 aromatic heterocycles. The number of hydrogen-bond donors (Lipinski definition) is 1. The number of halogens is 3. The SMILES string of the molecule is CC(=O)c1cn(CCN2C[C@H](F)C[C@H]2C(=O)Nc2cccc(-c3ccccc3Cl)c2F)c2ccc(-c3cnc(C=O)nc3)cc12. The van der Waals surface area contributed by atoms with Crippen LogP contribution in [0.3, 0.4) is 0 Å². The Kier molecular flexibility index (Phi) is 8.51. The fraction of sp³-hybridized carbons (Fsp3) is 0.206. The molecule has 1 N–H and O–H groups in total. The number of amides is 1. The molecule has 0 aliphatic carbocycles. The van der Waals surface area contributed by atoms with Gasteiger partial charge in [0.25, 0.3) is 0 Å². The highest BCUT2D eigenvalue weighted by Gasteiger charge is 2.37. The Morgan fingerprint density at radius 3 is 2.51 bits per heavy atom. The highest BCUT2D eigenvalue weighted by molar-refractivity contribution is 6.33. The summed E-state index contributed by atoms with van der Waals surface area (Å²) in [5.74, 6) is -1.16. The minimum atomic E-state index is -1.22. The third-order valence-electron chi connectivity index (χ3n) is 8.07. The number of rotatable bonds is 9. The molecule has 0 spiro atoms. The van der Waals surface area contributed by atoms with Crippen LogP contribution in [0.5, 0.6) is 0 Å². The smallest absolute Gasteiger partial charge is 0.241 e. The van der Waals surface area contributed by atoms with Crippen LogP contribution in [0.15, 0.2) is 79.3 Å². The molecule has 5 aromatic rings. The first kappa shape index (κ1) is 30.2. The van der Waals surface area contributed by atoms with Gasteiger partial charge in [-0.25, -0.2) is 18.7 Å². The van der Waals surface area contributed by atoms with Crippen molar-refractivity contribution in [3.63, 3.8) is 0 Å². The summed E-state index contributed by atoms with van der Waals surface area (Å²) in [5, 5.41) is 3.77. The Labute approximate surface area is 262 Å². The van der Waals surface area contributed by atoms with Crippen LogP contribution < -0.4 is 5.32 Å². The molecule has 0 saturated carbocycles. The van der Waals surface area contributed by atoms with Crippen LogP contribution in [-0.2, 0) is 11.3 Å². The molecule has 0 unspecified atom stereocenters. The van der Waals surface area contributed by atoms with Crippen LogP contribution >= 0.6 is 11.6 Å². The normalized spacial score (nSPS) is 16.6. The highest BCUT2D eigenvalue weighted by atomic mass is 35.5. The highest BCUT2D eigenvalue weighted by Crippen LogP contribution is 2.33. The zero-order valence-electron chi connectivity index (χ0n) is 24.2. The van der Waals surface area contributed by atoms with Gasteiger partial charge in [0.2, 0.25) is 5.91 Å². The van der Waals surface area contributed by atoms with Crippen molar-refractivity contribution >= 4 is 46.2 Å². The molecule has 2 atom stereocenters. The fourth-order valence-electron chi connectivity index (χ4n) is 5.83. The molecule has 3 heterocycles. The van der Waals surface area contributed by atoms with E-state index in [0.717, 1.165) is 16.5 Å². The second kappa shape index (κ2) is 12.7. The molecule has 1 fully saturated rings. The molecule has 3 aromatic carbocycles. The minimum Gasteiger partial charge on any atom is -0.345 e. The summed E-state index contributed by atoms with van der Waals surface area (Å²) < 4.78 is 32.1. The third-order valence-corrected chi connectivity index (χ3v) is 8.40. The molecule has 1 aliphatic rings. The number of Topliss-reactive ketones (excluding diaryl/α,β-unsaturated/α-hetero) is 1. The summed E-state index contributed by atoms with van der Waals surface area (Å²) in [6.07, 6.45) is 4.19. The molecule has 228 valence electrons. The number of likely N-dealkylation sites (tertiary alicyclic amines) is 1. The van der Waals surface area contributed by atoms with Crippen LogP contribution in [0.25, 0.3) is 33.2 Å². The second-order valence-electron chi connectivity index (χ2n) is 11.0. The summed E-state index contributed by atoms with van der Waals surface area (Å²) in [7, 11) is 0. The van der Waals surface area contributed by atoms with Crippen LogP contribution in [0.2, 0.25) is 5.02 Å². The van der Waals surface area contributed by atoms with Crippen molar-refractivity contribution in [2.45, 2.75) is 32.1 Å². The van der Waals surface area contributed by atoms with E-state index in [1.54, 1.807) is 59.9 Å². The van der Waals surface area contributed by atoms with Crippen molar-refractivity contribution in [2.24, 2.45) is 0 Å². The summed E-state index contributed by atoms with van der Waals surface area (Å²) in [6, 6.07) is 16.4. The van der Waals surface area contributed by atoms with Crippen molar-refractivity contribution in [1.82, 2.24) is 19.4 Å². The maximum Gasteiger partial charge on any atom is 0.241 e. The Balaban J connectivity index is 1.21. The van der Waals surface area contributed by atoms with Crippen LogP contribution in [0.1, 0.15) is 34.3 Å². The van der Waals surface area contributed by atoms with Crippen LogP contribution in [0, 0.1) is 5.82 Å². The van der Waals surface area contributed by atoms with Crippen LogP contribution in [-0.4, -0.2) is 62.7 Å². The number of hydrogen-bond acceptors (Lipinski definition) is 6. The molecule has 0 radical (unpaired) electrons. The zero-order valence-corrected chi connectivity index (χ0v) is 25.0. The molecule has 6 rings (SSSR count).